The molecular formula is C31H34N6O2S. The van der Waals surface area contributed by atoms with E-state index in [0.717, 1.165) is 48.6 Å². The predicted octanol–water partition coefficient (Wildman–Crippen LogP) is 6.61. The van der Waals surface area contributed by atoms with Crippen LogP contribution in [0.5, 0.6) is 11.5 Å². The van der Waals surface area contributed by atoms with Crippen molar-refractivity contribution in [2.24, 2.45) is 7.05 Å². The maximum Gasteiger partial charge on any atom is 0.270 e. The van der Waals surface area contributed by atoms with Gasteiger partial charge in [0.15, 0.2) is 0 Å². The number of aryl methyl sites for hydroxylation is 2. The van der Waals surface area contributed by atoms with Gasteiger partial charge in [-0.25, -0.2) is 4.98 Å². The van der Waals surface area contributed by atoms with Crippen LogP contribution >= 0.6 is 11.3 Å². The van der Waals surface area contributed by atoms with E-state index in [4.69, 9.17) is 9.72 Å². The standard InChI is InChI=1S/C31H32N6O2S.H2/c1-20-6-7-22(17-25(20)29-5-4-16-40-29)34-31-35-26-18-23(8-9-28(26)37(31)3)39-24-10-13-32-27(19-24)30(38)33-21-11-14-36(2)15-12-21;/h4-10,13,16-19,21H,11-12,14-15H2,1-3H3,(H,33,38)(H,34,35);1H. The van der Waals surface area contributed by atoms with Gasteiger partial charge in [-0.1, -0.05) is 12.1 Å². The summed E-state index contributed by atoms with van der Waals surface area (Å²) in [6.07, 6.45) is 3.49. The van der Waals surface area contributed by atoms with E-state index in [9.17, 15) is 4.79 Å². The maximum atomic E-state index is 12.8. The number of thiophene rings is 1. The lowest BCUT2D eigenvalue weighted by atomic mass is 10.1. The number of benzene rings is 2. The smallest absolute Gasteiger partial charge is 0.270 e. The third-order valence-electron chi connectivity index (χ3n) is 7.39. The number of carbonyl (C=O) groups excluding carboxylic acids is 1. The van der Waals surface area contributed by atoms with Crippen LogP contribution in [0.15, 0.2) is 72.2 Å². The number of anilines is 2. The molecule has 1 fully saturated rings. The molecule has 206 valence electrons. The number of pyridine rings is 1. The van der Waals surface area contributed by atoms with E-state index in [1.165, 1.54) is 16.0 Å². The van der Waals surface area contributed by atoms with E-state index in [1.54, 1.807) is 29.7 Å². The summed E-state index contributed by atoms with van der Waals surface area (Å²) in [4.78, 5) is 25.4. The van der Waals surface area contributed by atoms with Gasteiger partial charge in [0.25, 0.3) is 5.91 Å². The van der Waals surface area contributed by atoms with Gasteiger partial charge in [0.2, 0.25) is 5.95 Å². The number of fused-ring (bicyclic) bond motifs is 1. The number of ether oxygens (including phenoxy) is 1. The van der Waals surface area contributed by atoms with Gasteiger partial charge in [0.1, 0.15) is 17.2 Å². The summed E-state index contributed by atoms with van der Waals surface area (Å²) in [5.41, 5.74) is 5.56. The lowest BCUT2D eigenvalue weighted by molar-refractivity contribution is 0.0911. The van der Waals surface area contributed by atoms with Gasteiger partial charge in [-0.15, -0.1) is 11.3 Å². The van der Waals surface area contributed by atoms with Crippen molar-refractivity contribution < 1.29 is 11.0 Å². The Morgan fingerprint density at radius 2 is 1.88 bits per heavy atom. The second-order valence-electron chi connectivity index (χ2n) is 10.3. The number of amides is 1. The van der Waals surface area contributed by atoms with Crippen molar-refractivity contribution in [1.29, 1.82) is 0 Å². The Kier molecular flexibility index (Phi) is 7.23. The van der Waals surface area contributed by atoms with Crippen LogP contribution in [0.1, 0.15) is 30.3 Å². The van der Waals surface area contributed by atoms with E-state index >= 15 is 0 Å². The fraction of sp³-hybridized carbons (Fsp3) is 0.258. The Hall–Kier alpha value is -4.21. The number of rotatable bonds is 7. The van der Waals surface area contributed by atoms with Gasteiger partial charge in [-0.2, -0.15) is 0 Å². The minimum atomic E-state index is -0.172. The number of nitrogens with zero attached hydrogens (tertiary/aromatic N) is 4. The molecule has 0 unspecified atom stereocenters. The number of imidazole rings is 1. The molecule has 0 saturated carbocycles. The van der Waals surface area contributed by atoms with Crippen LogP contribution < -0.4 is 15.4 Å². The summed E-state index contributed by atoms with van der Waals surface area (Å²) < 4.78 is 8.15. The molecular weight excluding hydrogens is 520 g/mol. The molecule has 0 radical (unpaired) electrons. The highest BCUT2D eigenvalue weighted by Crippen LogP contribution is 2.32. The molecule has 1 aliphatic heterocycles. The molecule has 5 aromatic rings. The molecule has 1 saturated heterocycles. The molecule has 6 rings (SSSR count). The molecule has 0 aliphatic carbocycles. The summed E-state index contributed by atoms with van der Waals surface area (Å²) >= 11 is 1.73. The second kappa shape index (κ2) is 11.1. The molecule has 9 heteroatoms. The largest absolute Gasteiger partial charge is 0.457 e. The van der Waals surface area contributed by atoms with Crippen molar-refractivity contribution in [2.75, 3.05) is 25.5 Å². The highest BCUT2D eigenvalue weighted by atomic mass is 32.1. The Bertz CT molecular complexity index is 1660. The van der Waals surface area contributed by atoms with Crippen molar-refractivity contribution in [1.82, 2.24) is 24.8 Å². The SMILES string of the molecule is Cc1ccc(Nc2nc3cc(Oc4ccnc(C(=O)NC5CCN(C)CC5)c4)ccc3n2C)cc1-c1cccs1.[HH]. The van der Waals surface area contributed by atoms with Gasteiger partial charge < -0.3 is 24.8 Å². The first-order valence-corrected chi connectivity index (χ1v) is 14.3. The number of hydrogen-bond donors (Lipinski definition) is 2. The van der Waals surface area contributed by atoms with Crippen molar-refractivity contribution in [3.05, 3.63) is 83.5 Å². The summed E-state index contributed by atoms with van der Waals surface area (Å²) in [6.45, 7) is 4.09. The molecule has 3 aromatic heterocycles. The Labute approximate surface area is 239 Å². The Balaban J connectivity index is 0.00000337. The fourth-order valence-corrected chi connectivity index (χ4v) is 5.84. The zero-order valence-electron chi connectivity index (χ0n) is 22.8. The molecule has 40 heavy (non-hydrogen) atoms. The summed E-state index contributed by atoms with van der Waals surface area (Å²) in [5.74, 6) is 1.76. The molecule has 1 aliphatic rings. The predicted molar refractivity (Wildman–Crippen MR) is 163 cm³/mol. The van der Waals surface area contributed by atoms with Crippen LogP contribution in [-0.4, -0.2) is 51.5 Å². The van der Waals surface area contributed by atoms with E-state index < -0.39 is 0 Å². The van der Waals surface area contributed by atoms with Gasteiger partial charge in [-0.3, -0.25) is 9.78 Å². The number of nitrogens with one attached hydrogen (secondary N) is 2. The van der Waals surface area contributed by atoms with Gasteiger partial charge >= 0.3 is 0 Å². The lowest BCUT2D eigenvalue weighted by Gasteiger charge is -2.29. The fourth-order valence-electron chi connectivity index (χ4n) is 5.03. The van der Waals surface area contributed by atoms with Gasteiger partial charge in [0, 0.05) is 43.4 Å². The first-order valence-electron chi connectivity index (χ1n) is 13.4. The Morgan fingerprint density at radius 1 is 1.05 bits per heavy atom. The van der Waals surface area contributed by atoms with Crippen LogP contribution in [0.3, 0.4) is 0 Å². The van der Waals surface area contributed by atoms with E-state index in [-0.39, 0.29) is 13.4 Å². The summed E-state index contributed by atoms with van der Waals surface area (Å²) in [5, 5.41) is 8.68. The van der Waals surface area contributed by atoms with Gasteiger partial charge in [-0.05, 0) is 92.8 Å². The zero-order chi connectivity index (χ0) is 27.6. The van der Waals surface area contributed by atoms with Crippen molar-refractivity contribution in [3.8, 4) is 21.9 Å². The first-order chi connectivity index (χ1) is 19.4. The Morgan fingerprint density at radius 3 is 2.67 bits per heavy atom. The number of aromatic nitrogens is 3. The van der Waals surface area contributed by atoms with Crippen LogP contribution in [0, 0.1) is 6.92 Å². The third-order valence-corrected chi connectivity index (χ3v) is 8.29. The molecule has 0 bridgehead atoms. The first kappa shape index (κ1) is 26.0. The quantitative estimate of drug-likeness (QED) is 0.236. The molecule has 8 nitrogen and oxygen atoms in total. The molecule has 1 amide bonds. The van der Waals surface area contributed by atoms with Crippen molar-refractivity contribution >= 4 is 39.9 Å². The van der Waals surface area contributed by atoms with Crippen LogP contribution in [0.2, 0.25) is 0 Å². The summed E-state index contributed by atoms with van der Waals surface area (Å²) in [6, 6.07) is 20.0. The van der Waals surface area contributed by atoms with Gasteiger partial charge in [0.05, 0.1) is 11.0 Å². The van der Waals surface area contributed by atoms with E-state index in [2.05, 4.69) is 70.2 Å². The lowest BCUT2D eigenvalue weighted by Crippen LogP contribution is -2.43. The topological polar surface area (TPSA) is 84.3 Å². The minimum absolute atomic E-state index is 0. The highest BCUT2D eigenvalue weighted by molar-refractivity contribution is 7.13. The van der Waals surface area contributed by atoms with Crippen LogP contribution in [0.4, 0.5) is 11.6 Å². The normalized spacial score (nSPS) is 14.4. The third kappa shape index (κ3) is 5.57. The molecule has 0 spiro atoms. The average molecular weight is 555 g/mol. The zero-order valence-corrected chi connectivity index (χ0v) is 23.7. The van der Waals surface area contributed by atoms with E-state index in [0.29, 0.717) is 17.2 Å². The molecule has 0 atom stereocenters. The minimum Gasteiger partial charge on any atom is -0.457 e. The molecule has 2 aromatic carbocycles. The highest BCUT2D eigenvalue weighted by Gasteiger charge is 2.20. The average Bonchev–Trinajstić information content (AvgIpc) is 3.59. The maximum absolute atomic E-state index is 12.8. The second-order valence-corrected chi connectivity index (χ2v) is 11.3. The van der Waals surface area contributed by atoms with Crippen LogP contribution in [0.25, 0.3) is 21.5 Å². The summed E-state index contributed by atoms with van der Waals surface area (Å²) in [7, 11) is 4.09. The number of carbonyl (C=O) groups is 1. The molecule has 2 N–H and O–H groups in total. The van der Waals surface area contributed by atoms with E-state index in [1.807, 2.05) is 29.8 Å². The van der Waals surface area contributed by atoms with Crippen molar-refractivity contribution in [3.63, 3.8) is 0 Å². The molecule has 4 heterocycles. The van der Waals surface area contributed by atoms with Crippen molar-refractivity contribution in [2.45, 2.75) is 25.8 Å². The number of likely N-dealkylation sites (tertiary alicyclic amines) is 1. The number of hydrogen-bond acceptors (Lipinski definition) is 7. The van der Waals surface area contributed by atoms with Crippen LogP contribution in [-0.2, 0) is 7.05 Å². The monoisotopic (exact) mass is 554 g/mol. The number of piperidine rings is 1.